The average Bonchev–Trinajstić information content (AvgIpc) is 3.48. The number of hydrogen-bond acceptors (Lipinski definition) is 1. The van der Waals surface area contributed by atoms with Gasteiger partial charge in [-0.3, -0.25) is 4.79 Å². The maximum atomic E-state index is 12.8. The van der Waals surface area contributed by atoms with Gasteiger partial charge in [0.25, 0.3) is 0 Å². The highest BCUT2D eigenvalue weighted by Crippen LogP contribution is 2.33. The van der Waals surface area contributed by atoms with Crippen molar-refractivity contribution >= 4 is 39.7 Å². The zero-order valence-electron chi connectivity index (χ0n) is 26.3. The predicted molar refractivity (Wildman–Crippen MR) is 197 cm³/mol. The van der Waals surface area contributed by atoms with E-state index in [4.69, 9.17) is 0 Å². The second-order valence-electron chi connectivity index (χ2n) is 12.5. The van der Waals surface area contributed by atoms with Gasteiger partial charge in [0.2, 0.25) is 0 Å². The van der Waals surface area contributed by atoms with Crippen LogP contribution in [0.25, 0.3) is 50.8 Å². The number of nitrogens with zero attached hydrogens (tertiary/aromatic N) is 1. The standard InChI is InChI=1S/C45H35NO/c47-45(38-8-2-1-3-9-38)39-26-24-37(25-27-39)36-22-18-34(19-23-36)30-32-14-16-33(17-15-32)31-35-20-28-40(29-21-35)46-43-12-6-4-10-41(43)42-11-5-7-13-44(42)46/h1-13,18-31H,14-17H2. The molecule has 1 heterocycles. The van der Waals surface area contributed by atoms with Crippen LogP contribution >= 0.6 is 0 Å². The number of ketones is 1. The lowest BCUT2D eigenvalue weighted by molar-refractivity contribution is 0.103. The summed E-state index contributed by atoms with van der Waals surface area (Å²) >= 11 is 0. The average molecular weight is 606 g/mol. The molecule has 2 nitrogen and oxygen atoms in total. The monoisotopic (exact) mass is 605 g/mol. The van der Waals surface area contributed by atoms with E-state index in [1.54, 1.807) is 0 Å². The third-order valence-corrected chi connectivity index (χ3v) is 9.43. The molecule has 0 amide bonds. The molecule has 6 aromatic carbocycles. The van der Waals surface area contributed by atoms with Gasteiger partial charge in [-0.1, -0.05) is 151 Å². The fourth-order valence-electron chi connectivity index (χ4n) is 6.91. The lowest BCUT2D eigenvalue weighted by Gasteiger charge is -2.18. The van der Waals surface area contributed by atoms with Crippen LogP contribution in [0.5, 0.6) is 0 Å². The summed E-state index contributed by atoms with van der Waals surface area (Å²) in [6.07, 6.45) is 9.16. The van der Waals surface area contributed by atoms with Gasteiger partial charge in [-0.15, -0.1) is 0 Å². The molecule has 47 heavy (non-hydrogen) atoms. The Kier molecular flexibility index (Phi) is 7.69. The number of carbonyl (C=O) groups excluding carboxylic acids is 1. The second-order valence-corrected chi connectivity index (χ2v) is 12.5. The number of para-hydroxylation sites is 2. The van der Waals surface area contributed by atoms with Gasteiger partial charge in [0.1, 0.15) is 0 Å². The van der Waals surface area contributed by atoms with Crippen molar-refractivity contribution in [2.24, 2.45) is 0 Å². The Labute approximate surface area is 276 Å². The summed E-state index contributed by atoms with van der Waals surface area (Å²) in [6, 6.07) is 52.5. The largest absolute Gasteiger partial charge is 0.309 e. The quantitative estimate of drug-likeness (QED) is 0.173. The summed E-state index contributed by atoms with van der Waals surface area (Å²) in [6.45, 7) is 0. The van der Waals surface area contributed by atoms with Crippen molar-refractivity contribution in [3.63, 3.8) is 0 Å². The molecule has 1 fully saturated rings. The molecule has 1 aliphatic carbocycles. The Morgan fingerprint density at radius 1 is 0.447 bits per heavy atom. The van der Waals surface area contributed by atoms with E-state index in [0.717, 1.165) is 36.8 Å². The summed E-state index contributed by atoms with van der Waals surface area (Å²) in [7, 11) is 0. The Morgan fingerprint density at radius 3 is 1.40 bits per heavy atom. The third-order valence-electron chi connectivity index (χ3n) is 9.43. The van der Waals surface area contributed by atoms with Crippen molar-refractivity contribution in [1.29, 1.82) is 0 Å². The van der Waals surface area contributed by atoms with Crippen LogP contribution < -0.4 is 0 Å². The molecule has 0 aliphatic heterocycles. The van der Waals surface area contributed by atoms with Crippen LogP contribution in [0.3, 0.4) is 0 Å². The van der Waals surface area contributed by atoms with Gasteiger partial charge in [0.15, 0.2) is 5.78 Å². The van der Waals surface area contributed by atoms with Gasteiger partial charge in [-0.2, -0.15) is 0 Å². The molecular formula is C45H35NO. The predicted octanol–water partition coefficient (Wildman–Crippen LogP) is 11.7. The van der Waals surface area contributed by atoms with Gasteiger partial charge >= 0.3 is 0 Å². The first-order valence-electron chi connectivity index (χ1n) is 16.5. The number of carbonyl (C=O) groups is 1. The molecule has 8 rings (SSSR count). The Hall–Kier alpha value is -5.73. The summed E-state index contributed by atoms with van der Waals surface area (Å²) < 4.78 is 2.37. The van der Waals surface area contributed by atoms with E-state index in [2.05, 4.69) is 114 Å². The molecule has 0 radical (unpaired) electrons. The summed E-state index contributed by atoms with van der Waals surface area (Å²) in [5.41, 5.74) is 12.9. The molecule has 1 saturated carbocycles. The normalized spacial score (nSPS) is 13.2. The van der Waals surface area contributed by atoms with Crippen molar-refractivity contribution in [2.75, 3.05) is 0 Å². The van der Waals surface area contributed by atoms with Crippen LogP contribution in [0.15, 0.2) is 163 Å². The summed E-state index contributed by atoms with van der Waals surface area (Å²) in [4.78, 5) is 12.8. The van der Waals surface area contributed by atoms with E-state index < -0.39 is 0 Å². The van der Waals surface area contributed by atoms with Crippen LogP contribution in [0.1, 0.15) is 52.7 Å². The Morgan fingerprint density at radius 2 is 0.872 bits per heavy atom. The van der Waals surface area contributed by atoms with E-state index in [-0.39, 0.29) is 5.78 Å². The lowest BCUT2D eigenvalue weighted by atomic mass is 9.88. The number of aromatic nitrogens is 1. The molecule has 0 unspecified atom stereocenters. The number of fused-ring (bicyclic) bond motifs is 3. The molecule has 7 aromatic rings. The molecule has 1 aliphatic rings. The third kappa shape index (κ3) is 5.87. The van der Waals surface area contributed by atoms with Crippen LogP contribution in [0.4, 0.5) is 0 Å². The minimum Gasteiger partial charge on any atom is -0.309 e. The van der Waals surface area contributed by atoms with E-state index >= 15 is 0 Å². The first kappa shape index (κ1) is 28.7. The molecule has 0 bridgehead atoms. The maximum Gasteiger partial charge on any atom is 0.193 e. The smallest absolute Gasteiger partial charge is 0.193 e. The molecular weight excluding hydrogens is 571 g/mol. The Balaban J connectivity index is 0.916. The summed E-state index contributed by atoms with van der Waals surface area (Å²) in [5.74, 6) is 0.0537. The number of allylic oxidation sites excluding steroid dienone is 2. The van der Waals surface area contributed by atoms with Crippen LogP contribution in [0, 0.1) is 0 Å². The van der Waals surface area contributed by atoms with Crippen molar-refractivity contribution in [1.82, 2.24) is 4.57 Å². The Bertz CT molecular complexity index is 2200. The first-order valence-corrected chi connectivity index (χ1v) is 16.5. The van der Waals surface area contributed by atoms with E-state index in [9.17, 15) is 4.79 Å². The van der Waals surface area contributed by atoms with Crippen molar-refractivity contribution in [2.45, 2.75) is 25.7 Å². The van der Waals surface area contributed by atoms with Crippen LogP contribution in [0.2, 0.25) is 0 Å². The molecule has 226 valence electrons. The SMILES string of the molecule is O=C(c1ccccc1)c1ccc(-c2ccc(C=C3CCC(=Cc4ccc(-n5c6ccccc6c6ccccc65)cc4)CC3)cc2)cc1. The van der Waals surface area contributed by atoms with Gasteiger partial charge in [0, 0.05) is 27.6 Å². The minimum atomic E-state index is 0.0537. The lowest BCUT2D eigenvalue weighted by Crippen LogP contribution is -2.00. The summed E-state index contributed by atoms with van der Waals surface area (Å²) in [5, 5.41) is 2.58. The van der Waals surface area contributed by atoms with Gasteiger partial charge in [-0.05, 0) is 72.2 Å². The minimum absolute atomic E-state index is 0.0537. The van der Waals surface area contributed by atoms with Gasteiger partial charge < -0.3 is 4.57 Å². The molecule has 0 saturated heterocycles. The highest BCUT2D eigenvalue weighted by atomic mass is 16.1. The van der Waals surface area contributed by atoms with E-state index in [1.807, 2.05) is 54.6 Å². The fourth-order valence-corrected chi connectivity index (χ4v) is 6.91. The zero-order valence-corrected chi connectivity index (χ0v) is 26.3. The topological polar surface area (TPSA) is 22.0 Å². The van der Waals surface area contributed by atoms with E-state index in [0.29, 0.717) is 11.1 Å². The van der Waals surface area contributed by atoms with E-state index in [1.165, 1.54) is 49.8 Å². The molecule has 0 spiro atoms. The molecule has 1 aromatic heterocycles. The second kappa shape index (κ2) is 12.6. The number of benzene rings is 6. The van der Waals surface area contributed by atoms with Crippen molar-refractivity contribution in [3.05, 3.63) is 185 Å². The van der Waals surface area contributed by atoms with Gasteiger partial charge in [-0.25, -0.2) is 0 Å². The van der Waals surface area contributed by atoms with Gasteiger partial charge in [0.05, 0.1) is 11.0 Å². The van der Waals surface area contributed by atoms with Crippen LogP contribution in [-0.4, -0.2) is 10.4 Å². The number of rotatable bonds is 6. The highest BCUT2D eigenvalue weighted by molar-refractivity contribution is 6.10. The highest BCUT2D eigenvalue weighted by Gasteiger charge is 2.13. The first-order chi connectivity index (χ1) is 23.2. The van der Waals surface area contributed by atoms with Crippen LogP contribution in [-0.2, 0) is 0 Å². The zero-order chi connectivity index (χ0) is 31.6. The van der Waals surface area contributed by atoms with Crippen molar-refractivity contribution < 1.29 is 4.79 Å². The molecule has 0 N–H and O–H groups in total. The molecule has 2 heteroatoms. The maximum absolute atomic E-state index is 12.8. The molecule has 0 atom stereocenters. The number of hydrogen-bond donors (Lipinski definition) is 0. The van der Waals surface area contributed by atoms with Crippen molar-refractivity contribution in [3.8, 4) is 16.8 Å². The fraction of sp³-hybridized carbons (Fsp3) is 0.0889.